The minimum atomic E-state index is -2.96. The van der Waals surface area contributed by atoms with Gasteiger partial charge < -0.3 is 14.5 Å². The molecule has 0 amide bonds. The first-order valence-corrected chi connectivity index (χ1v) is 30.0. The first kappa shape index (κ1) is 45.4. The number of pyridine rings is 1. The average Bonchev–Trinajstić information content (AvgIpc) is 1.61. The Bertz CT molecular complexity index is 4290. The van der Waals surface area contributed by atoms with Gasteiger partial charge in [0.25, 0.3) is 0 Å². The Hall–Kier alpha value is -8.45. The Morgan fingerprint density at radius 1 is 0.450 bits per heavy atom. The minimum absolute atomic E-state index is 0.113. The molecular formula is C74H70N4OSi. The minimum Gasteiger partial charge on any atom is -0.457 e. The molecule has 4 heterocycles. The lowest BCUT2D eigenvalue weighted by Gasteiger charge is -2.43. The van der Waals surface area contributed by atoms with Crippen molar-refractivity contribution in [3.63, 3.8) is 0 Å². The van der Waals surface area contributed by atoms with Gasteiger partial charge in [-0.3, -0.25) is 4.90 Å². The highest BCUT2D eigenvalue weighted by molar-refractivity contribution is 7.23. The van der Waals surface area contributed by atoms with Gasteiger partial charge in [0.2, 0.25) is 0 Å². The summed E-state index contributed by atoms with van der Waals surface area (Å²) in [5, 5.41) is 5.39. The Morgan fingerprint density at radius 2 is 1.01 bits per heavy atom. The summed E-state index contributed by atoms with van der Waals surface area (Å²) < 4.78 is 52.1. The van der Waals surface area contributed by atoms with Crippen LogP contribution in [0.3, 0.4) is 0 Å². The van der Waals surface area contributed by atoms with E-state index in [0.29, 0.717) is 23.7 Å². The number of aromatic nitrogens is 1. The number of hydrogen-bond acceptors (Lipinski definition) is 5. The molecule has 10 aromatic rings. The van der Waals surface area contributed by atoms with Crippen LogP contribution in [-0.4, -0.2) is 19.7 Å². The first-order valence-electron chi connectivity index (χ1n) is 30.5. The van der Waals surface area contributed by atoms with Gasteiger partial charge in [-0.15, -0.1) is 0 Å². The maximum absolute atomic E-state index is 9.35. The Labute approximate surface area is 481 Å². The Morgan fingerprint density at radius 3 is 1.66 bits per heavy atom. The van der Waals surface area contributed by atoms with E-state index in [1.54, 1.807) is 0 Å². The second-order valence-electron chi connectivity index (χ2n) is 25.1. The molecule has 0 N–H and O–H groups in total. The molecule has 13 rings (SSSR count). The summed E-state index contributed by atoms with van der Waals surface area (Å²) in [6.07, 6.45) is 1.94. The SMILES string of the molecule is [2H]c1c([2H])c([2H])c(-c2cccc(-c3cc(C(C)(C)C)cc(C(C)(C)C)c3)c2N2CN(c3cccc(Oc4ccc5c(c4)N(c4cc(C(C)(C)C)ccn4)c4ccccc4[Si]54c5ccc(C)cc5-c5cc(C)ccc54)c3)c3ccccc32)c([2H])c1[2H]. The molecule has 1 aromatic heterocycles. The number of benzene rings is 9. The normalized spacial score (nSPS) is 15.0. The zero-order valence-corrected chi connectivity index (χ0v) is 48.7. The first-order chi connectivity index (χ1) is 40.4. The quantitative estimate of drug-likeness (QED) is 0.149. The third-order valence-electron chi connectivity index (χ3n) is 16.6. The molecule has 0 aliphatic carbocycles. The van der Waals surface area contributed by atoms with Crippen LogP contribution in [0.5, 0.6) is 11.5 Å². The largest absolute Gasteiger partial charge is 0.457 e. The molecule has 0 saturated carbocycles. The summed E-state index contributed by atoms with van der Waals surface area (Å²) in [5.74, 6) is 2.20. The maximum atomic E-state index is 9.35. The van der Waals surface area contributed by atoms with Gasteiger partial charge in [0, 0.05) is 40.8 Å². The van der Waals surface area contributed by atoms with Crippen LogP contribution in [0, 0.1) is 13.8 Å². The Balaban J connectivity index is 0.954. The van der Waals surface area contributed by atoms with Crippen molar-refractivity contribution in [1.29, 1.82) is 0 Å². The third kappa shape index (κ3) is 8.46. The molecule has 80 heavy (non-hydrogen) atoms. The number of nitrogens with zero attached hydrogens (tertiary/aromatic N) is 4. The monoisotopic (exact) mass is 1060 g/mol. The molecule has 0 radical (unpaired) electrons. The van der Waals surface area contributed by atoms with Crippen molar-refractivity contribution < 1.29 is 11.6 Å². The van der Waals surface area contributed by atoms with E-state index in [0.717, 1.165) is 51.1 Å². The molecule has 0 saturated heterocycles. The zero-order chi connectivity index (χ0) is 59.8. The van der Waals surface area contributed by atoms with Crippen molar-refractivity contribution in [2.24, 2.45) is 0 Å². The van der Waals surface area contributed by atoms with Gasteiger partial charge in [0.15, 0.2) is 8.07 Å². The number of ether oxygens (including phenoxy) is 1. The van der Waals surface area contributed by atoms with Crippen LogP contribution in [-0.2, 0) is 16.2 Å². The van der Waals surface area contributed by atoms with Crippen LogP contribution in [0.1, 0.15) is 97.0 Å². The number of anilines is 7. The highest BCUT2D eigenvalue weighted by Crippen LogP contribution is 2.52. The van der Waals surface area contributed by atoms with E-state index in [1.807, 2.05) is 42.6 Å². The summed E-state index contributed by atoms with van der Waals surface area (Å²) in [6, 6.07) is 61.8. The molecule has 0 bridgehead atoms. The zero-order valence-electron chi connectivity index (χ0n) is 52.7. The molecule has 9 aromatic carbocycles. The predicted molar refractivity (Wildman–Crippen MR) is 340 cm³/mol. The van der Waals surface area contributed by atoms with Gasteiger partial charge >= 0.3 is 0 Å². The van der Waals surface area contributed by atoms with Gasteiger partial charge in [-0.25, -0.2) is 4.98 Å². The molecule has 0 fully saturated rings. The third-order valence-corrected chi connectivity index (χ3v) is 21.6. The molecule has 396 valence electrons. The van der Waals surface area contributed by atoms with E-state index < -0.39 is 14.1 Å². The molecular weight excluding hydrogens is 989 g/mol. The van der Waals surface area contributed by atoms with Crippen LogP contribution in [0.4, 0.5) is 39.9 Å². The van der Waals surface area contributed by atoms with Crippen LogP contribution in [0.25, 0.3) is 33.4 Å². The van der Waals surface area contributed by atoms with Crippen LogP contribution in [0.2, 0.25) is 0 Å². The van der Waals surface area contributed by atoms with Crippen molar-refractivity contribution in [2.45, 2.75) is 92.4 Å². The number of para-hydroxylation sites is 4. The van der Waals surface area contributed by atoms with Crippen molar-refractivity contribution in [1.82, 2.24) is 4.98 Å². The van der Waals surface area contributed by atoms with E-state index >= 15 is 0 Å². The molecule has 5 nitrogen and oxygen atoms in total. The van der Waals surface area contributed by atoms with Gasteiger partial charge in [0.1, 0.15) is 24.0 Å². The van der Waals surface area contributed by atoms with E-state index in [-0.39, 0.29) is 46.0 Å². The summed E-state index contributed by atoms with van der Waals surface area (Å²) in [4.78, 5) is 12.0. The van der Waals surface area contributed by atoms with Gasteiger partial charge in [-0.2, -0.15) is 0 Å². The second kappa shape index (κ2) is 18.8. The lowest BCUT2D eigenvalue weighted by molar-refractivity contribution is 0.483. The van der Waals surface area contributed by atoms with Crippen molar-refractivity contribution >= 4 is 68.8 Å². The number of aryl methyl sites for hydroxylation is 2. The molecule has 1 spiro atoms. The summed E-state index contributed by atoms with van der Waals surface area (Å²) in [7, 11) is -2.96. The van der Waals surface area contributed by atoms with E-state index in [1.165, 1.54) is 59.7 Å². The Kier molecular flexibility index (Phi) is 10.7. The number of rotatable bonds is 7. The van der Waals surface area contributed by atoms with Crippen LogP contribution in [0.15, 0.2) is 212 Å². The lowest BCUT2D eigenvalue weighted by Crippen LogP contribution is -2.75. The molecule has 3 aliphatic heterocycles. The fourth-order valence-corrected chi connectivity index (χ4v) is 18.0. The second-order valence-corrected chi connectivity index (χ2v) is 28.8. The number of hydrogen-bond donors (Lipinski definition) is 0. The highest BCUT2D eigenvalue weighted by atomic mass is 28.3. The molecule has 0 unspecified atom stereocenters. The smallest absolute Gasteiger partial charge is 0.185 e. The molecule has 3 aliphatic rings. The summed E-state index contributed by atoms with van der Waals surface area (Å²) in [6.45, 7) is 24.8. The van der Waals surface area contributed by atoms with Gasteiger partial charge in [0.05, 0.1) is 29.6 Å². The fraction of sp³-hybridized carbons (Fsp3) is 0.203. The van der Waals surface area contributed by atoms with Gasteiger partial charge in [-0.1, -0.05) is 219 Å². The molecule has 0 atom stereocenters. The van der Waals surface area contributed by atoms with Gasteiger partial charge in [-0.05, 0) is 138 Å². The van der Waals surface area contributed by atoms with Crippen LogP contribution >= 0.6 is 0 Å². The lowest BCUT2D eigenvalue weighted by atomic mass is 9.78. The van der Waals surface area contributed by atoms with E-state index in [4.69, 9.17) is 13.8 Å². The van der Waals surface area contributed by atoms with E-state index in [9.17, 15) is 2.74 Å². The van der Waals surface area contributed by atoms with Crippen molar-refractivity contribution in [2.75, 3.05) is 21.4 Å². The maximum Gasteiger partial charge on any atom is 0.185 e. The van der Waals surface area contributed by atoms with Crippen LogP contribution < -0.4 is 40.2 Å². The fourth-order valence-electron chi connectivity index (χ4n) is 12.5. The number of fused-ring (bicyclic) bond motifs is 10. The standard InChI is InChI=1S/C74H70N4OSi/c1-48-31-34-66-60(39-48)61-40-49(2)32-35-67(61)80(66)68-30-18-17-29-64(68)78(70-44-52(37-38-75-70)72(3,4)5)65-46-57(33-36-69(65)80)79-56-24-19-23-55(45-56)76-47-77(63-28-16-15-27-62(63)76)71-58(50-21-13-12-14-22-50)25-20-26-59(71)51-41-53(73(6,7)8)43-54(42-51)74(9,10)11/h12-46H,47H2,1-11H3/i12D,13D,14D,21D,22D. The summed E-state index contributed by atoms with van der Waals surface area (Å²) >= 11 is 0. The van der Waals surface area contributed by atoms with Crippen molar-refractivity contribution in [3.05, 3.63) is 240 Å². The van der Waals surface area contributed by atoms with E-state index in [2.05, 4.69) is 230 Å². The topological polar surface area (TPSA) is 31.8 Å². The molecule has 6 heteroatoms. The van der Waals surface area contributed by atoms with Crippen molar-refractivity contribution in [3.8, 4) is 44.9 Å². The highest BCUT2D eigenvalue weighted by Gasteiger charge is 2.54. The average molecular weight is 1060 g/mol. The predicted octanol–water partition coefficient (Wildman–Crippen LogP) is 17.1. The summed E-state index contributed by atoms with van der Waals surface area (Å²) in [5.41, 5.74) is 16.4.